The summed E-state index contributed by atoms with van der Waals surface area (Å²) in [5.41, 5.74) is 2.02. The third kappa shape index (κ3) is 4.33. The van der Waals surface area contributed by atoms with Crippen LogP contribution in [-0.2, 0) is 17.6 Å². The molecule has 1 aliphatic carbocycles. The van der Waals surface area contributed by atoms with E-state index in [1.54, 1.807) is 50.1 Å². The number of hydrogen-bond donors (Lipinski definition) is 1. The Bertz CT molecular complexity index is 1030. The summed E-state index contributed by atoms with van der Waals surface area (Å²) in [6, 6.07) is 5.30. The van der Waals surface area contributed by atoms with Crippen molar-refractivity contribution in [1.29, 1.82) is 0 Å². The van der Waals surface area contributed by atoms with E-state index >= 15 is 0 Å². The number of benzene rings is 1. The van der Waals surface area contributed by atoms with Crippen molar-refractivity contribution in [3.8, 4) is 11.5 Å². The normalized spacial score (nSPS) is 15.8. The number of rotatable bonds is 6. The summed E-state index contributed by atoms with van der Waals surface area (Å²) in [5.74, 6) is 2.14. The Morgan fingerprint density at radius 3 is 2.72 bits per heavy atom. The molecule has 152 valence electrons. The molecule has 3 aromatic rings. The highest BCUT2D eigenvalue weighted by atomic mass is 32.2. The summed E-state index contributed by atoms with van der Waals surface area (Å²) < 4.78 is 10.5. The maximum absolute atomic E-state index is 12.5. The van der Waals surface area contributed by atoms with E-state index in [2.05, 4.69) is 22.2 Å². The predicted octanol–water partition coefficient (Wildman–Crippen LogP) is 4.56. The largest absolute Gasteiger partial charge is 0.497 e. The van der Waals surface area contributed by atoms with Gasteiger partial charge in [0.25, 0.3) is 0 Å². The Labute approximate surface area is 178 Å². The van der Waals surface area contributed by atoms with Gasteiger partial charge in [-0.25, -0.2) is 9.97 Å². The first-order valence-electron chi connectivity index (χ1n) is 9.48. The van der Waals surface area contributed by atoms with Crippen LogP contribution in [0.15, 0.2) is 29.6 Å². The zero-order valence-electron chi connectivity index (χ0n) is 16.7. The Balaban J connectivity index is 1.49. The fraction of sp³-hybridized carbons (Fsp3) is 0.381. The number of amides is 1. The summed E-state index contributed by atoms with van der Waals surface area (Å²) in [6.07, 6.45) is 4.96. The van der Waals surface area contributed by atoms with Crippen LogP contribution in [-0.4, -0.2) is 35.8 Å². The first-order chi connectivity index (χ1) is 14.1. The number of carbonyl (C=O) groups excluding carboxylic acids is 1. The first-order valence-corrected chi connectivity index (χ1v) is 11.3. The number of thioether (sulfide) groups is 1. The number of ether oxygens (including phenoxy) is 2. The molecule has 4 rings (SSSR count). The fourth-order valence-corrected chi connectivity index (χ4v) is 5.81. The second kappa shape index (κ2) is 8.59. The Kier molecular flexibility index (Phi) is 5.91. The lowest BCUT2D eigenvalue weighted by atomic mass is 9.89. The molecule has 1 amide bonds. The number of thiophene rings is 1. The first kappa shape index (κ1) is 20.0. The molecule has 1 aromatic carbocycles. The van der Waals surface area contributed by atoms with Gasteiger partial charge in [-0.15, -0.1) is 11.3 Å². The minimum absolute atomic E-state index is 0.102. The highest BCUT2D eigenvalue weighted by Gasteiger charge is 2.23. The van der Waals surface area contributed by atoms with Crippen LogP contribution in [0.1, 0.15) is 23.8 Å². The number of aryl methyl sites for hydroxylation is 1. The summed E-state index contributed by atoms with van der Waals surface area (Å²) in [4.78, 5) is 23.9. The van der Waals surface area contributed by atoms with Gasteiger partial charge in [0.05, 0.1) is 20.0 Å². The van der Waals surface area contributed by atoms with Crippen molar-refractivity contribution in [3.63, 3.8) is 0 Å². The van der Waals surface area contributed by atoms with Gasteiger partial charge < -0.3 is 14.8 Å². The molecule has 29 heavy (non-hydrogen) atoms. The number of fused-ring (bicyclic) bond motifs is 3. The molecule has 6 nitrogen and oxygen atoms in total. The molecule has 1 aliphatic rings. The van der Waals surface area contributed by atoms with Crippen molar-refractivity contribution >= 4 is 44.9 Å². The van der Waals surface area contributed by atoms with Crippen molar-refractivity contribution in [2.75, 3.05) is 25.3 Å². The molecule has 0 fully saturated rings. The predicted molar refractivity (Wildman–Crippen MR) is 118 cm³/mol. The monoisotopic (exact) mass is 429 g/mol. The zero-order chi connectivity index (χ0) is 20.4. The van der Waals surface area contributed by atoms with Crippen LogP contribution in [0.3, 0.4) is 0 Å². The quantitative estimate of drug-likeness (QED) is 0.457. The lowest BCUT2D eigenvalue weighted by Crippen LogP contribution is -2.14. The Morgan fingerprint density at radius 2 is 2.00 bits per heavy atom. The van der Waals surface area contributed by atoms with Gasteiger partial charge in [-0.3, -0.25) is 4.79 Å². The smallest absolute Gasteiger partial charge is 0.234 e. The SMILES string of the molecule is COc1cc(NC(=O)CSc2ncnc3sc4c(c23)CCC(C)C4)cc(OC)c1. The van der Waals surface area contributed by atoms with E-state index in [4.69, 9.17) is 9.47 Å². The maximum Gasteiger partial charge on any atom is 0.234 e. The average Bonchev–Trinajstić information content (AvgIpc) is 3.09. The maximum atomic E-state index is 12.5. The van der Waals surface area contributed by atoms with Crippen molar-refractivity contribution < 1.29 is 14.3 Å². The second-order valence-corrected chi connectivity index (χ2v) is 9.20. The van der Waals surface area contributed by atoms with E-state index < -0.39 is 0 Å². The Morgan fingerprint density at radius 1 is 1.24 bits per heavy atom. The van der Waals surface area contributed by atoms with E-state index in [1.165, 1.54) is 28.6 Å². The van der Waals surface area contributed by atoms with E-state index in [1.807, 2.05) is 0 Å². The van der Waals surface area contributed by atoms with E-state index in [0.717, 1.165) is 28.1 Å². The zero-order valence-corrected chi connectivity index (χ0v) is 18.3. The van der Waals surface area contributed by atoms with Gasteiger partial charge in [-0.2, -0.15) is 0 Å². The number of hydrogen-bond acceptors (Lipinski definition) is 7. The van der Waals surface area contributed by atoms with Crippen LogP contribution in [0.2, 0.25) is 0 Å². The molecule has 0 spiro atoms. The lowest BCUT2D eigenvalue weighted by molar-refractivity contribution is -0.113. The van der Waals surface area contributed by atoms with Gasteiger partial charge >= 0.3 is 0 Å². The number of anilines is 1. The average molecular weight is 430 g/mol. The molecule has 0 saturated carbocycles. The second-order valence-electron chi connectivity index (χ2n) is 7.15. The fourth-order valence-electron chi connectivity index (χ4n) is 3.57. The van der Waals surface area contributed by atoms with Crippen molar-refractivity contribution in [1.82, 2.24) is 9.97 Å². The van der Waals surface area contributed by atoms with Crippen LogP contribution >= 0.6 is 23.1 Å². The van der Waals surface area contributed by atoms with Crippen LogP contribution in [0.25, 0.3) is 10.2 Å². The van der Waals surface area contributed by atoms with Gasteiger partial charge in [0.1, 0.15) is 27.7 Å². The van der Waals surface area contributed by atoms with E-state index in [0.29, 0.717) is 23.1 Å². The standard InChI is InChI=1S/C21H23N3O3S2/c1-12-4-5-16-17(6-12)29-21-19(16)20(22-11-23-21)28-10-18(25)24-13-7-14(26-2)9-15(8-13)27-3/h7-9,11-12H,4-6,10H2,1-3H3,(H,24,25). The molecule has 2 heterocycles. The molecule has 2 aromatic heterocycles. The molecule has 0 aliphatic heterocycles. The Hall–Kier alpha value is -2.32. The number of carbonyl (C=O) groups is 1. The van der Waals surface area contributed by atoms with Gasteiger partial charge in [-0.1, -0.05) is 18.7 Å². The van der Waals surface area contributed by atoms with Crippen molar-refractivity contribution in [2.45, 2.75) is 31.2 Å². The molecule has 0 saturated heterocycles. The highest BCUT2D eigenvalue weighted by Crippen LogP contribution is 2.40. The van der Waals surface area contributed by atoms with Crippen molar-refractivity contribution in [3.05, 3.63) is 35.0 Å². The van der Waals surface area contributed by atoms with Crippen molar-refractivity contribution in [2.24, 2.45) is 5.92 Å². The molecule has 8 heteroatoms. The number of aromatic nitrogens is 2. The van der Waals surface area contributed by atoms with Crippen LogP contribution in [0.5, 0.6) is 11.5 Å². The third-order valence-corrected chi connectivity index (χ3v) is 7.18. The van der Waals surface area contributed by atoms with Crippen LogP contribution in [0, 0.1) is 5.92 Å². The minimum atomic E-state index is -0.102. The minimum Gasteiger partial charge on any atom is -0.497 e. The van der Waals surface area contributed by atoms with Gasteiger partial charge in [0.15, 0.2) is 0 Å². The number of nitrogens with one attached hydrogen (secondary N) is 1. The van der Waals surface area contributed by atoms with E-state index in [-0.39, 0.29) is 11.7 Å². The number of nitrogens with zero attached hydrogens (tertiary/aromatic N) is 2. The molecule has 0 radical (unpaired) electrons. The molecule has 1 N–H and O–H groups in total. The summed E-state index contributed by atoms with van der Waals surface area (Å²) in [7, 11) is 3.16. The molecule has 1 atom stereocenters. The molecule has 0 bridgehead atoms. The summed E-state index contributed by atoms with van der Waals surface area (Å²) in [5, 5.41) is 4.94. The third-order valence-electron chi connectivity index (χ3n) is 5.03. The summed E-state index contributed by atoms with van der Waals surface area (Å²) >= 11 is 3.23. The van der Waals surface area contributed by atoms with Gasteiger partial charge in [0, 0.05) is 34.1 Å². The van der Waals surface area contributed by atoms with Gasteiger partial charge in [0.2, 0.25) is 5.91 Å². The van der Waals surface area contributed by atoms with E-state index in [9.17, 15) is 4.79 Å². The highest BCUT2D eigenvalue weighted by molar-refractivity contribution is 8.00. The molecular weight excluding hydrogens is 406 g/mol. The van der Waals surface area contributed by atoms with Crippen LogP contribution in [0.4, 0.5) is 5.69 Å². The van der Waals surface area contributed by atoms with Crippen LogP contribution < -0.4 is 14.8 Å². The topological polar surface area (TPSA) is 73.3 Å². The summed E-state index contributed by atoms with van der Waals surface area (Å²) in [6.45, 7) is 2.30. The van der Waals surface area contributed by atoms with Gasteiger partial charge in [-0.05, 0) is 30.7 Å². The lowest BCUT2D eigenvalue weighted by Gasteiger charge is -2.18. The molecule has 1 unspecified atom stereocenters. The molecular formula is C21H23N3O3S2. The number of methoxy groups -OCH3 is 2.